The minimum Gasteiger partial charge on any atom is -0.490 e. The van der Waals surface area contributed by atoms with Gasteiger partial charge in [0.1, 0.15) is 0 Å². The molecule has 56 valence electrons. The number of ether oxygens (including phenoxy) is 1. The SMILES string of the molecule is COC(=CC=CBr)C(=O)O. The average Bonchev–Trinajstić information content (AvgIpc) is 1.89. The van der Waals surface area contributed by atoms with Gasteiger partial charge in [0.25, 0.3) is 0 Å². The van der Waals surface area contributed by atoms with Gasteiger partial charge in [-0.25, -0.2) is 4.79 Å². The Morgan fingerprint density at radius 3 is 2.60 bits per heavy atom. The number of methoxy groups -OCH3 is 1. The zero-order valence-electron chi connectivity index (χ0n) is 5.37. The first-order valence-electron chi connectivity index (χ1n) is 2.46. The Kier molecular flexibility index (Phi) is 4.66. The molecule has 0 unspecified atom stereocenters. The first-order valence-corrected chi connectivity index (χ1v) is 3.38. The fourth-order valence-corrected chi connectivity index (χ4v) is 0.503. The van der Waals surface area contributed by atoms with Gasteiger partial charge in [-0.1, -0.05) is 22.0 Å². The Balaban J connectivity index is 4.18. The van der Waals surface area contributed by atoms with Crippen molar-refractivity contribution in [3.63, 3.8) is 0 Å². The maximum absolute atomic E-state index is 10.2. The molecule has 0 heterocycles. The standard InChI is InChI=1S/C6H7BrO3/c1-10-5(6(8)9)3-2-4-7/h2-4H,1H3,(H,8,9). The van der Waals surface area contributed by atoms with Gasteiger partial charge >= 0.3 is 5.97 Å². The predicted molar refractivity (Wildman–Crippen MR) is 40.8 cm³/mol. The van der Waals surface area contributed by atoms with Crippen LogP contribution in [0.2, 0.25) is 0 Å². The van der Waals surface area contributed by atoms with Crippen molar-refractivity contribution in [2.75, 3.05) is 7.11 Å². The number of halogens is 1. The number of hydrogen-bond donors (Lipinski definition) is 1. The van der Waals surface area contributed by atoms with Gasteiger partial charge in [-0.05, 0) is 11.1 Å². The third kappa shape index (κ3) is 3.29. The lowest BCUT2D eigenvalue weighted by Gasteiger charge is -1.95. The monoisotopic (exact) mass is 206 g/mol. The maximum atomic E-state index is 10.2. The highest BCUT2D eigenvalue weighted by molar-refractivity contribution is 9.11. The molecule has 0 fully saturated rings. The molecule has 0 saturated heterocycles. The maximum Gasteiger partial charge on any atom is 0.371 e. The van der Waals surface area contributed by atoms with Gasteiger partial charge in [0.15, 0.2) is 0 Å². The summed E-state index contributed by atoms with van der Waals surface area (Å²) >= 11 is 2.98. The molecule has 0 aromatic carbocycles. The van der Waals surface area contributed by atoms with E-state index in [0.717, 1.165) is 0 Å². The van der Waals surface area contributed by atoms with Crippen LogP contribution in [0.5, 0.6) is 0 Å². The number of rotatable bonds is 3. The van der Waals surface area contributed by atoms with Gasteiger partial charge < -0.3 is 9.84 Å². The van der Waals surface area contributed by atoms with Crippen molar-refractivity contribution in [3.05, 3.63) is 22.9 Å². The summed E-state index contributed by atoms with van der Waals surface area (Å²) in [7, 11) is 1.31. The molecule has 0 saturated carbocycles. The van der Waals surface area contributed by atoms with E-state index in [1.54, 1.807) is 0 Å². The first kappa shape index (κ1) is 9.23. The van der Waals surface area contributed by atoms with Gasteiger partial charge in [0.05, 0.1) is 7.11 Å². The second-order valence-electron chi connectivity index (χ2n) is 1.36. The Morgan fingerprint density at radius 2 is 2.30 bits per heavy atom. The molecule has 0 spiro atoms. The fourth-order valence-electron chi connectivity index (χ4n) is 0.350. The number of aliphatic carboxylic acids is 1. The molecule has 0 rings (SSSR count). The highest BCUT2D eigenvalue weighted by atomic mass is 79.9. The zero-order chi connectivity index (χ0) is 7.98. The lowest BCUT2D eigenvalue weighted by Crippen LogP contribution is -2.01. The van der Waals surface area contributed by atoms with Crippen LogP contribution in [0, 0.1) is 0 Å². The van der Waals surface area contributed by atoms with E-state index in [-0.39, 0.29) is 5.76 Å². The molecule has 0 radical (unpaired) electrons. The van der Waals surface area contributed by atoms with Crippen LogP contribution in [0.1, 0.15) is 0 Å². The number of hydrogen-bond acceptors (Lipinski definition) is 2. The molecule has 0 amide bonds. The molecule has 0 atom stereocenters. The normalized spacial score (nSPS) is 12.0. The number of carbonyl (C=O) groups is 1. The minimum absolute atomic E-state index is 0.0873. The summed E-state index contributed by atoms with van der Waals surface area (Å²) in [5.41, 5.74) is 0. The van der Waals surface area contributed by atoms with Crippen LogP contribution in [-0.2, 0) is 9.53 Å². The largest absolute Gasteiger partial charge is 0.490 e. The van der Waals surface area contributed by atoms with E-state index in [9.17, 15) is 4.79 Å². The van der Waals surface area contributed by atoms with Crippen molar-refractivity contribution < 1.29 is 14.6 Å². The smallest absolute Gasteiger partial charge is 0.371 e. The Labute approximate surface area is 67.1 Å². The molecule has 0 aromatic rings. The number of allylic oxidation sites excluding steroid dienone is 2. The molecular formula is C6H7BrO3. The molecule has 1 N–H and O–H groups in total. The molecule has 3 nitrogen and oxygen atoms in total. The van der Waals surface area contributed by atoms with Gasteiger partial charge in [0, 0.05) is 0 Å². The zero-order valence-corrected chi connectivity index (χ0v) is 6.96. The van der Waals surface area contributed by atoms with E-state index < -0.39 is 5.97 Å². The quantitative estimate of drug-likeness (QED) is 0.433. The Bertz CT molecular complexity index is 172. The predicted octanol–water partition coefficient (Wildman–Crippen LogP) is 1.51. The second-order valence-corrected chi connectivity index (χ2v) is 1.89. The van der Waals surface area contributed by atoms with E-state index in [2.05, 4.69) is 20.7 Å². The summed E-state index contributed by atoms with van der Waals surface area (Å²) < 4.78 is 4.50. The van der Waals surface area contributed by atoms with Crippen molar-refractivity contribution in [1.82, 2.24) is 0 Å². The van der Waals surface area contributed by atoms with Crippen LogP contribution < -0.4 is 0 Å². The van der Waals surface area contributed by atoms with Gasteiger partial charge in [-0.2, -0.15) is 0 Å². The van der Waals surface area contributed by atoms with E-state index in [1.165, 1.54) is 24.2 Å². The van der Waals surface area contributed by atoms with E-state index in [4.69, 9.17) is 5.11 Å². The molecule has 0 aliphatic rings. The minimum atomic E-state index is -1.08. The molecule has 4 heteroatoms. The van der Waals surface area contributed by atoms with Crippen molar-refractivity contribution in [1.29, 1.82) is 0 Å². The topological polar surface area (TPSA) is 46.5 Å². The van der Waals surface area contributed by atoms with Crippen LogP contribution >= 0.6 is 15.9 Å². The fraction of sp³-hybridized carbons (Fsp3) is 0.167. The number of carboxylic acid groups (broad SMARTS) is 1. The summed E-state index contributed by atoms with van der Waals surface area (Å²) in [6.07, 6.45) is 2.87. The lowest BCUT2D eigenvalue weighted by atomic mass is 10.4. The third-order valence-electron chi connectivity index (χ3n) is 0.751. The van der Waals surface area contributed by atoms with Crippen LogP contribution in [0.15, 0.2) is 22.9 Å². The van der Waals surface area contributed by atoms with Crippen molar-refractivity contribution in [2.24, 2.45) is 0 Å². The Hall–Kier alpha value is -0.770. The van der Waals surface area contributed by atoms with Crippen molar-refractivity contribution >= 4 is 21.9 Å². The van der Waals surface area contributed by atoms with Crippen molar-refractivity contribution in [3.8, 4) is 0 Å². The van der Waals surface area contributed by atoms with Crippen LogP contribution in [0.3, 0.4) is 0 Å². The van der Waals surface area contributed by atoms with Crippen LogP contribution in [0.25, 0.3) is 0 Å². The molecule has 10 heavy (non-hydrogen) atoms. The van der Waals surface area contributed by atoms with E-state index in [1.807, 2.05) is 0 Å². The van der Waals surface area contributed by atoms with E-state index >= 15 is 0 Å². The van der Waals surface area contributed by atoms with Gasteiger partial charge in [-0.15, -0.1) is 0 Å². The van der Waals surface area contributed by atoms with Crippen molar-refractivity contribution in [2.45, 2.75) is 0 Å². The first-order chi connectivity index (χ1) is 4.72. The highest BCUT2D eigenvalue weighted by Crippen LogP contribution is 1.96. The summed E-state index contributed by atoms with van der Waals surface area (Å²) in [4.78, 5) is 11.7. The van der Waals surface area contributed by atoms with Gasteiger partial charge in [-0.3, -0.25) is 0 Å². The molecule has 0 bridgehead atoms. The van der Waals surface area contributed by atoms with Crippen LogP contribution in [-0.4, -0.2) is 18.2 Å². The lowest BCUT2D eigenvalue weighted by molar-refractivity contribution is -0.136. The van der Waals surface area contributed by atoms with E-state index in [0.29, 0.717) is 0 Å². The third-order valence-corrected chi connectivity index (χ3v) is 1.06. The molecule has 0 aliphatic heterocycles. The highest BCUT2D eigenvalue weighted by Gasteiger charge is 2.02. The summed E-state index contributed by atoms with van der Waals surface area (Å²) in [6.45, 7) is 0. The summed E-state index contributed by atoms with van der Waals surface area (Å²) in [5, 5.41) is 8.36. The number of carboxylic acids is 1. The summed E-state index contributed by atoms with van der Waals surface area (Å²) in [6, 6.07) is 0. The van der Waals surface area contributed by atoms with Crippen LogP contribution in [0.4, 0.5) is 0 Å². The average molecular weight is 207 g/mol. The second kappa shape index (κ2) is 5.05. The summed E-state index contributed by atoms with van der Waals surface area (Å²) in [5.74, 6) is -1.16. The Morgan fingerprint density at radius 1 is 1.70 bits per heavy atom. The van der Waals surface area contributed by atoms with Gasteiger partial charge in [0.2, 0.25) is 5.76 Å². The molecule has 0 aromatic heterocycles. The molecule has 0 aliphatic carbocycles. The molecular weight excluding hydrogens is 200 g/mol.